The molecule has 2 aromatic rings. The molecule has 26 heavy (non-hydrogen) atoms. The van der Waals surface area contributed by atoms with Gasteiger partial charge in [-0.25, -0.2) is 4.79 Å². The van der Waals surface area contributed by atoms with Crippen LogP contribution in [0.25, 0.3) is 0 Å². The fourth-order valence-corrected chi connectivity index (χ4v) is 5.00. The Morgan fingerprint density at radius 3 is 2.54 bits per heavy atom. The lowest BCUT2D eigenvalue weighted by Crippen LogP contribution is -2.20. The highest BCUT2D eigenvalue weighted by Gasteiger charge is 2.26. The largest absolute Gasteiger partial charge is 0.465 e. The van der Waals surface area contributed by atoms with E-state index < -0.39 is 0 Å². The van der Waals surface area contributed by atoms with Crippen LogP contribution in [0.3, 0.4) is 0 Å². The van der Waals surface area contributed by atoms with Crippen LogP contribution in [0.4, 0.5) is 10.7 Å². The summed E-state index contributed by atoms with van der Waals surface area (Å²) in [6, 6.07) is 3.14. The Labute approximate surface area is 175 Å². The molecule has 0 aliphatic heterocycles. The number of esters is 1. The fraction of sp³-hybridized carbons (Fsp3) is 0.294. The molecule has 0 bridgehead atoms. The van der Waals surface area contributed by atoms with Gasteiger partial charge in [-0.1, -0.05) is 34.8 Å². The third kappa shape index (κ3) is 4.10. The summed E-state index contributed by atoms with van der Waals surface area (Å²) in [6.45, 7) is 0. The first kappa shape index (κ1) is 19.7. The van der Waals surface area contributed by atoms with Gasteiger partial charge in [0.05, 0.1) is 33.4 Å². The quantitative estimate of drug-likeness (QED) is 0.333. The predicted molar refractivity (Wildman–Crippen MR) is 114 cm³/mol. The average molecular weight is 450 g/mol. The van der Waals surface area contributed by atoms with Gasteiger partial charge in [0.15, 0.2) is 5.11 Å². The van der Waals surface area contributed by atoms with Crippen LogP contribution < -0.4 is 10.6 Å². The molecule has 0 unspecified atom stereocenters. The number of carbonyl (C=O) groups excluding carboxylic acids is 1. The van der Waals surface area contributed by atoms with E-state index in [9.17, 15) is 4.79 Å². The molecule has 0 saturated carbocycles. The maximum atomic E-state index is 12.3. The Balaban J connectivity index is 1.85. The van der Waals surface area contributed by atoms with Gasteiger partial charge in [0, 0.05) is 4.88 Å². The Bertz CT molecular complexity index is 883. The molecule has 1 aromatic carbocycles. The number of nitrogens with one attached hydrogen (secondary N) is 2. The van der Waals surface area contributed by atoms with Crippen LogP contribution in [0.2, 0.25) is 15.1 Å². The molecule has 0 fully saturated rings. The molecule has 0 radical (unpaired) electrons. The monoisotopic (exact) mass is 448 g/mol. The molecule has 0 saturated heterocycles. The van der Waals surface area contributed by atoms with Crippen molar-refractivity contribution >= 4 is 80.1 Å². The van der Waals surface area contributed by atoms with E-state index in [1.54, 1.807) is 12.1 Å². The van der Waals surface area contributed by atoms with E-state index in [1.807, 2.05) is 0 Å². The van der Waals surface area contributed by atoms with Crippen molar-refractivity contribution in [2.24, 2.45) is 0 Å². The number of thiophene rings is 1. The number of halogens is 3. The molecule has 0 spiro atoms. The molecule has 0 amide bonds. The number of methoxy groups -OCH3 is 1. The van der Waals surface area contributed by atoms with Crippen molar-refractivity contribution in [3.63, 3.8) is 0 Å². The molecule has 1 aliphatic rings. The zero-order valence-corrected chi connectivity index (χ0v) is 17.7. The maximum Gasteiger partial charge on any atom is 0.341 e. The summed E-state index contributed by atoms with van der Waals surface area (Å²) < 4.78 is 4.96. The second-order valence-electron chi connectivity index (χ2n) is 5.73. The summed E-state index contributed by atoms with van der Waals surface area (Å²) in [5.74, 6) is -0.359. The van der Waals surface area contributed by atoms with Crippen molar-refractivity contribution in [1.82, 2.24) is 0 Å². The van der Waals surface area contributed by atoms with Gasteiger partial charge >= 0.3 is 5.97 Å². The summed E-state index contributed by atoms with van der Waals surface area (Å²) in [6.07, 6.45) is 4.02. The van der Waals surface area contributed by atoms with E-state index in [0.29, 0.717) is 36.4 Å². The van der Waals surface area contributed by atoms with Gasteiger partial charge in [-0.05, 0) is 55.6 Å². The van der Waals surface area contributed by atoms with Gasteiger partial charge in [-0.3, -0.25) is 0 Å². The number of carbonyl (C=O) groups is 1. The zero-order chi connectivity index (χ0) is 18.8. The summed E-state index contributed by atoms with van der Waals surface area (Å²) in [5, 5.41) is 8.18. The SMILES string of the molecule is COC(=O)c1c(NC(=S)Nc2cc(Cl)c(Cl)cc2Cl)sc2c1CCCC2. The second kappa shape index (κ2) is 8.31. The molecule has 9 heteroatoms. The van der Waals surface area contributed by atoms with E-state index in [4.69, 9.17) is 51.8 Å². The van der Waals surface area contributed by atoms with Crippen molar-refractivity contribution in [2.45, 2.75) is 25.7 Å². The highest BCUT2D eigenvalue weighted by molar-refractivity contribution is 7.80. The molecule has 1 heterocycles. The first-order valence-corrected chi connectivity index (χ1v) is 10.2. The molecule has 138 valence electrons. The number of rotatable bonds is 3. The number of ether oxygens (including phenoxy) is 1. The average Bonchev–Trinajstić information content (AvgIpc) is 2.96. The lowest BCUT2D eigenvalue weighted by atomic mass is 9.95. The smallest absolute Gasteiger partial charge is 0.341 e. The minimum absolute atomic E-state index is 0.300. The number of hydrogen-bond acceptors (Lipinski definition) is 4. The standard InChI is InChI=1S/C17H15Cl3N2O2S2/c1-24-16(23)14-8-4-2-3-5-13(8)26-15(14)22-17(25)21-12-7-10(19)9(18)6-11(12)20/h6-7H,2-5H2,1H3,(H2,21,22,25). The van der Waals surface area contributed by atoms with E-state index in [1.165, 1.54) is 23.3 Å². The van der Waals surface area contributed by atoms with Gasteiger partial charge in [-0.2, -0.15) is 0 Å². The fourth-order valence-electron chi connectivity index (χ4n) is 2.85. The topological polar surface area (TPSA) is 50.4 Å². The van der Waals surface area contributed by atoms with E-state index >= 15 is 0 Å². The number of thiocarbonyl (C=S) groups is 1. The molecular formula is C17H15Cl3N2O2S2. The number of aryl methyl sites for hydroxylation is 1. The van der Waals surface area contributed by atoms with Crippen molar-refractivity contribution in [3.8, 4) is 0 Å². The van der Waals surface area contributed by atoms with Gasteiger partial charge in [-0.15, -0.1) is 11.3 Å². The summed E-state index contributed by atoms with van der Waals surface area (Å²) in [4.78, 5) is 13.5. The molecule has 3 rings (SSSR count). The third-order valence-corrected chi connectivity index (χ3v) is 6.49. The minimum atomic E-state index is -0.359. The van der Waals surface area contributed by atoms with Gasteiger partial charge in [0.2, 0.25) is 0 Å². The lowest BCUT2D eigenvalue weighted by Gasteiger charge is -2.13. The molecule has 1 aromatic heterocycles. The minimum Gasteiger partial charge on any atom is -0.465 e. The van der Waals surface area contributed by atoms with Crippen molar-refractivity contribution in [2.75, 3.05) is 17.7 Å². The van der Waals surface area contributed by atoms with Crippen LogP contribution in [0.15, 0.2) is 12.1 Å². The highest BCUT2D eigenvalue weighted by atomic mass is 35.5. The van der Waals surface area contributed by atoms with Crippen LogP contribution >= 0.6 is 58.4 Å². The first-order valence-electron chi connectivity index (χ1n) is 7.86. The van der Waals surface area contributed by atoms with Crippen molar-refractivity contribution in [1.29, 1.82) is 0 Å². The van der Waals surface area contributed by atoms with Crippen LogP contribution in [0.1, 0.15) is 33.6 Å². The summed E-state index contributed by atoms with van der Waals surface area (Å²) in [7, 11) is 1.38. The molecule has 0 atom stereocenters. The van der Waals surface area contributed by atoms with Crippen molar-refractivity contribution < 1.29 is 9.53 Å². The molecular weight excluding hydrogens is 435 g/mol. The third-order valence-electron chi connectivity index (χ3n) is 4.05. The van der Waals surface area contributed by atoms with Crippen LogP contribution in [0, 0.1) is 0 Å². The summed E-state index contributed by atoms with van der Waals surface area (Å²) in [5.41, 5.74) is 2.15. The molecule has 4 nitrogen and oxygen atoms in total. The lowest BCUT2D eigenvalue weighted by molar-refractivity contribution is 0.0601. The van der Waals surface area contributed by atoms with Gasteiger partial charge in [0.1, 0.15) is 5.00 Å². The summed E-state index contributed by atoms with van der Waals surface area (Å²) >= 11 is 25.0. The first-order chi connectivity index (χ1) is 12.4. The molecule has 2 N–H and O–H groups in total. The zero-order valence-electron chi connectivity index (χ0n) is 13.8. The van der Waals surface area contributed by atoms with Crippen molar-refractivity contribution in [3.05, 3.63) is 43.2 Å². The number of fused-ring (bicyclic) bond motifs is 1. The van der Waals surface area contributed by atoms with Crippen LogP contribution in [0.5, 0.6) is 0 Å². The molecule has 1 aliphatic carbocycles. The Kier molecular flexibility index (Phi) is 6.30. The van der Waals surface area contributed by atoms with E-state index in [0.717, 1.165) is 31.2 Å². The van der Waals surface area contributed by atoms with Crippen LogP contribution in [-0.4, -0.2) is 18.2 Å². The van der Waals surface area contributed by atoms with Crippen LogP contribution in [-0.2, 0) is 17.6 Å². The Morgan fingerprint density at radius 2 is 1.81 bits per heavy atom. The highest BCUT2D eigenvalue weighted by Crippen LogP contribution is 2.39. The number of benzene rings is 1. The predicted octanol–water partition coefficient (Wildman–Crippen LogP) is 6.18. The van der Waals surface area contributed by atoms with Gasteiger partial charge in [0.25, 0.3) is 0 Å². The second-order valence-corrected chi connectivity index (χ2v) is 8.47. The number of hydrogen-bond donors (Lipinski definition) is 2. The normalized spacial score (nSPS) is 13.1. The number of anilines is 2. The Hall–Kier alpha value is -1.05. The van der Waals surface area contributed by atoms with E-state index in [2.05, 4.69) is 10.6 Å². The Morgan fingerprint density at radius 1 is 1.12 bits per heavy atom. The maximum absolute atomic E-state index is 12.3. The van der Waals surface area contributed by atoms with E-state index in [-0.39, 0.29) is 5.97 Å². The van der Waals surface area contributed by atoms with Gasteiger partial charge < -0.3 is 15.4 Å².